The minimum absolute atomic E-state index is 0.263. The maximum Gasteiger partial charge on any atom is 0.328 e. The third-order valence-corrected chi connectivity index (χ3v) is 12.2. The lowest BCUT2D eigenvalue weighted by atomic mass is 10.0. The van der Waals surface area contributed by atoms with Crippen molar-refractivity contribution in [2.75, 3.05) is 13.2 Å². The van der Waals surface area contributed by atoms with E-state index in [0.717, 1.165) is 42.1 Å². The van der Waals surface area contributed by atoms with Crippen LogP contribution in [-0.2, 0) is 18.7 Å². The number of hydrogen-bond acceptors (Lipinski definition) is 5. The fourth-order valence-corrected chi connectivity index (χ4v) is 9.82. The van der Waals surface area contributed by atoms with Gasteiger partial charge in [-0.2, -0.15) is 0 Å². The maximum atomic E-state index is 11.6. The van der Waals surface area contributed by atoms with E-state index in [1.807, 2.05) is 55.5 Å². The summed E-state index contributed by atoms with van der Waals surface area (Å²) in [6.45, 7) is 9.40. The van der Waals surface area contributed by atoms with Crippen LogP contribution in [0.2, 0.25) is 5.04 Å². The largest absolute Gasteiger partial charge is 0.478 e. The molecule has 2 aromatic carbocycles. The van der Waals surface area contributed by atoms with Crippen LogP contribution in [0.3, 0.4) is 0 Å². The Morgan fingerprint density at radius 1 is 0.974 bits per heavy atom. The van der Waals surface area contributed by atoms with E-state index >= 15 is 0 Å². The fraction of sp³-hybridized carbons (Fsp3) is 0.469. The normalized spacial score (nSPS) is 17.6. The van der Waals surface area contributed by atoms with Gasteiger partial charge < -0.3 is 24.1 Å². The van der Waals surface area contributed by atoms with Gasteiger partial charge in [-0.05, 0) is 47.3 Å². The lowest BCUT2D eigenvalue weighted by Crippen LogP contribution is -2.67. The summed E-state index contributed by atoms with van der Waals surface area (Å²) < 4.78 is 19.3. The number of ether oxygens (including phenoxy) is 2. The van der Waals surface area contributed by atoms with Gasteiger partial charge >= 0.3 is 5.97 Å². The number of unbranched alkanes of at least 4 members (excludes halogenated alkanes) is 2. The van der Waals surface area contributed by atoms with Crippen molar-refractivity contribution in [2.24, 2.45) is 0 Å². The molecule has 2 N–H and O–H groups in total. The first-order valence-corrected chi connectivity index (χ1v) is 15.8. The molecule has 0 aromatic heterocycles. The lowest BCUT2D eigenvalue weighted by Gasteiger charge is -2.44. The predicted molar refractivity (Wildman–Crippen MR) is 158 cm³/mol. The van der Waals surface area contributed by atoms with Crippen LogP contribution in [0.5, 0.6) is 0 Å². The molecule has 0 saturated carbocycles. The average Bonchev–Trinajstić information content (AvgIpc) is 3.37. The van der Waals surface area contributed by atoms with Gasteiger partial charge in [-0.25, -0.2) is 4.79 Å². The van der Waals surface area contributed by atoms with Crippen LogP contribution < -0.4 is 10.4 Å². The smallest absolute Gasteiger partial charge is 0.328 e. The van der Waals surface area contributed by atoms with E-state index in [9.17, 15) is 15.0 Å². The van der Waals surface area contributed by atoms with Crippen LogP contribution >= 0.6 is 0 Å². The molecule has 0 bridgehead atoms. The molecule has 1 unspecified atom stereocenters. The van der Waals surface area contributed by atoms with E-state index < -0.39 is 26.2 Å². The number of aliphatic hydroxyl groups excluding tert-OH is 1. The van der Waals surface area contributed by atoms with Crippen LogP contribution in [0, 0.1) is 0 Å². The van der Waals surface area contributed by atoms with Gasteiger partial charge in [-0.1, -0.05) is 100 Å². The summed E-state index contributed by atoms with van der Waals surface area (Å²) in [5, 5.41) is 21.0. The highest BCUT2D eigenvalue weighted by atomic mass is 28.4. The zero-order valence-corrected chi connectivity index (χ0v) is 24.7. The lowest BCUT2D eigenvalue weighted by molar-refractivity contribution is -0.131. The summed E-state index contributed by atoms with van der Waals surface area (Å²) in [6, 6.07) is 20.6. The molecular weight excluding hydrogens is 508 g/mol. The molecule has 0 amide bonds. The average molecular weight is 553 g/mol. The standard InChI is InChI=1S/C32H44O6Si/c1-26(33)14-8-7-13-22-32(36-24-25-37-32)23-21-27(19-20-30(34)35)38-39(31(2,3)4,28-15-9-5-10-16-28)29-17-11-6-12-18-29/h5-6,9-12,15-21,23,26-27,33H,7-8,13-14,22,24-25H2,1-4H3,(H,34,35)/b20-19+,23-21-/t26-,27?/m0/s1. The molecule has 2 atom stereocenters. The molecule has 39 heavy (non-hydrogen) atoms. The number of carbonyl (C=O) groups is 1. The molecule has 7 heteroatoms. The summed E-state index contributed by atoms with van der Waals surface area (Å²) in [5.74, 6) is -1.89. The van der Waals surface area contributed by atoms with Gasteiger partial charge in [-0.3, -0.25) is 0 Å². The summed E-state index contributed by atoms with van der Waals surface area (Å²) in [6.07, 6.45) is 9.88. The number of carboxylic acid groups (broad SMARTS) is 1. The first kappa shape index (κ1) is 31.0. The van der Waals surface area contributed by atoms with Gasteiger partial charge in [0.1, 0.15) is 0 Å². The van der Waals surface area contributed by atoms with Gasteiger partial charge in [0.05, 0.1) is 25.4 Å². The Balaban J connectivity index is 1.98. The maximum absolute atomic E-state index is 11.6. The Morgan fingerprint density at radius 2 is 1.54 bits per heavy atom. The van der Waals surface area contributed by atoms with Gasteiger partial charge in [0.15, 0.2) is 5.79 Å². The monoisotopic (exact) mass is 552 g/mol. The summed E-state index contributed by atoms with van der Waals surface area (Å²) in [4.78, 5) is 11.6. The van der Waals surface area contributed by atoms with Crippen LogP contribution in [0.15, 0.2) is 85.0 Å². The minimum atomic E-state index is -2.93. The Bertz CT molecular complexity index is 1030. The summed E-state index contributed by atoms with van der Waals surface area (Å²) in [5.41, 5.74) is 0. The molecule has 1 fully saturated rings. The van der Waals surface area contributed by atoms with E-state index in [1.165, 1.54) is 0 Å². The summed E-state index contributed by atoms with van der Waals surface area (Å²) in [7, 11) is -2.93. The van der Waals surface area contributed by atoms with Gasteiger partial charge in [0.25, 0.3) is 8.32 Å². The molecule has 1 saturated heterocycles. The van der Waals surface area contributed by atoms with Gasteiger partial charge in [0, 0.05) is 12.5 Å². The van der Waals surface area contributed by atoms with Gasteiger partial charge in [-0.15, -0.1) is 0 Å². The van der Waals surface area contributed by atoms with Crippen molar-refractivity contribution in [3.63, 3.8) is 0 Å². The second-order valence-electron chi connectivity index (χ2n) is 11.3. The third kappa shape index (κ3) is 8.46. The quantitative estimate of drug-likeness (QED) is 0.145. The molecule has 0 spiro atoms. The molecule has 2 aromatic rings. The molecular formula is C32H44O6Si. The zero-order valence-electron chi connectivity index (χ0n) is 23.7. The summed E-state index contributed by atoms with van der Waals surface area (Å²) >= 11 is 0. The van der Waals surface area contributed by atoms with Crippen molar-refractivity contribution >= 4 is 24.7 Å². The number of hydrogen-bond donors (Lipinski definition) is 2. The van der Waals surface area contributed by atoms with Crippen molar-refractivity contribution in [1.82, 2.24) is 0 Å². The molecule has 3 rings (SSSR count). The van der Waals surface area contributed by atoms with Crippen LogP contribution in [0.1, 0.15) is 59.8 Å². The highest BCUT2D eigenvalue weighted by Gasteiger charge is 2.51. The first-order valence-electron chi connectivity index (χ1n) is 13.9. The third-order valence-electron chi connectivity index (χ3n) is 7.12. The number of rotatable bonds is 14. The molecule has 0 radical (unpaired) electrons. The number of benzene rings is 2. The minimum Gasteiger partial charge on any atom is -0.478 e. The van der Waals surface area contributed by atoms with Gasteiger partial charge in [0.2, 0.25) is 0 Å². The van der Waals surface area contributed by atoms with E-state index in [2.05, 4.69) is 45.0 Å². The highest BCUT2D eigenvalue weighted by Crippen LogP contribution is 2.38. The SMILES string of the molecule is C[C@H](O)CCCCCC1(/C=C\C(/C=C/C(=O)O)O[Si](c2ccccc2)(c2ccccc2)C(C)(C)C)OCCO1. The Kier molecular flexibility index (Phi) is 11.3. The predicted octanol–water partition coefficient (Wildman–Crippen LogP) is 5.20. The topological polar surface area (TPSA) is 85.2 Å². The van der Waals surface area contributed by atoms with Crippen LogP contribution in [-0.4, -0.2) is 55.7 Å². The van der Waals surface area contributed by atoms with E-state index in [-0.39, 0.29) is 11.1 Å². The highest BCUT2D eigenvalue weighted by molar-refractivity contribution is 6.99. The van der Waals surface area contributed by atoms with Crippen molar-refractivity contribution in [2.45, 2.75) is 82.8 Å². The van der Waals surface area contributed by atoms with Crippen LogP contribution in [0.25, 0.3) is 0 Å². The Labute approximate surface area is 234 Å². The molecule has 1 aliphatic rings. The Hall–Kier alpha value is -2.55. The fourth-order valence-electron chi connectivity index (χ4n) is 5.24. The zero-order chi connectivity index (χ0) is 28.4. The second kappa shape index (κ2) is 14.2. The number of aliphatic carboxylic acids is 1. The van der Waals surface area contributed by atoms with E-state index in [4.69, 9.17) is 13.9 Å². The number of aliphatic hydroxyl groups is 1. The molecule has 0 aliphatic carbocycles. The number of carboxylic acids is 1. The van der Waals surface area contributed by atoms with Crippen molar-refractivity contribution in [3.8, 4) is 0 Å². The van der Waals surface area contributed by atoms with Crippen molar-refractivity contribution in [1.29, 1.82) is 0 Å². The molecule has 212 valence electrons. The Morgan fingerprint density at radius 3 is 2.03 bits per heavy atom. The van der Waals surface area contributed by atoms with Crippen LogP contribution in [0.4, 0.5) is 0 Å². The molecule has 1 aliphatic heterocycles. The first-order chi connectivity index (χ1) is 18.6. The van der Waals surface area contributed by atoms with Crippen molar-refractivity contribution in [3.05, 3.63) is 85.0 Å². The second-order valence-corrected chi connectivity index (χ2v) is 15.5. The molecule has 6 nitrogen and oxygen atoms in total. The van der Waals surface area contributed by atoms with E-state index in [0.29, 0.717) is 19.6 Å². The van der Waals surface area contributed by atoms with Crippen molar-refractivity contribution < 1.29 is 28.9 Å². The molecule has 1 heterocycles. The van der Waals surface area contributed by atoms with E-state index in [1.54, 1.807) is 6.08 Å².